The first-order chi connectivity index (χ1) is 15.2. The van der Waals surface area contributed by atoms with E-state index in [1.165, 1.54) is 6.07 Å². The molecule has 1 N–H and O–H groups in total. The number of nitrogens with zero attached hydrogens (tertiary/aromatic N) is 3. The number of carbonyl (C=O) groups is 1. The summed E-state index contributed by atoms with van der Waals surface area (Å²) < 4.78 is 19.3. The van der Waals surface area contributed by atoms with Crippen molar-refractivity contribution in [2.75, 3.05) is 69.2 Å². The second-order valence-electron chi connectivity index (χ2n) is 8.19. The van der Waals surface area contributed by atoms with Gasteiger partial charge >= 0.3 is 0 Å². The number of morpholine rings is 1. The van der Waals surface area contributed by atoms with Crippen LogP contribution in [0.3, 0.4) is 0 Å². The number of carbonyl (C=O) groups excluding carboxylic acids is 1. The normalized spacial score (nSPS) is 18.5. The van der Waals surface area contributed by atoms with E-state index in [2.05, 4.69) is 20.0 Å². The van der Waals surface area contributed by atoms with Crippen molar-refractivity contribution in [1.29, 1.82) is 0 Å². The first-order valence-corrected chi connectivity index (χ1v) is 11.1. The van der Waals surface area contributed by atoms with Crippen LogP contribution in [0.15, 0.2) is 48.5 Å². The van der Waals surface area contributed by atoms with E-state index in [1.807, 2.05) is 36.4 Å². The van der Waals surface area contributed by atoms with Gasteiger partial charge in [-0.1, -0.05) is 18.2 Å². The van der Waals surface area contributed by atoms with Gasteiger partial charge in [-0.15, -0.1) is 0 Å². The van der Waals surface area contributed by atoms with E-state index in [9.17, 15) is 9.18 Å². The molecule has 7 heteroatoms. The predicted octanol–water partition coefficient (Wildman–Crippen LogP) is 2.81. The van der Waals surface area contributed by atoms with E-state index in [0.29, 0.717) is 13.1 Å². The zero-order valence-corrected chi connectivity index (χ0v) is 17.9. The van der Waals surface area contributed by atoms with E-state index in [4.69, 9.17) is 4.74 Å². The fourth-order valence-corrected chi connectivity index (χ4v) is 4.19. The average molecular weight is 427 g/mol. The summed E-state index contributed by atoms with van der Waals surface area (Å²) in [4.78, 5) is 19.3. The highest BCUT2D eigenvalue weighted by atomic mass is 19.1. The molecule has 2 aliphatic heterocycles. The summed E-state index contributed by atoms with van der Waals surface area (Å²) in [5.74, 6) is -0.149. The highest BCUT2D eigenvalue weighted by Gasteiger charge is 2.18. The number of benzene rings is 2. The Hall–Kier alpha value is -2.48. The van der Waals surface area contributed by atoms with Crippen molar-refractivity contribution in [1.82, 2.24) is 9.80 Å². The topological polar surface area (TPSA) is 48.1 Å². The number of ether oxygens (including phenoxy) is 1. The number of nitrogens with one attached hydrogen (secondary N) is 1. The molecule has 1 amide bonds. The molecule has 0 atom stereocenters. The fraction of sp³-hybridized carbons (Fsp3) is 0.458. The number of amides is 1. The van der Waals surface area contributed by atoms with Gasteiger partial charge in [0.2, 0.25) is 5.91 Å². The van der Waals surface area contributed by atoms with E-state index < -0.39 is 0 Å². The van der Waals surface area contributed by atoms with Gasteiger partial charge in [0.1, 0.15) is 5.82 Å². The van der Waals surface area contributed by atoms with Gasteiger partial charge in [0.15, 0.2) is 0 Å². The standard InChI is InChI=1S/C24H31FN4O2/c25-23-5-2-1-4-20(23)18-27-10-3-11-28(13-12-27)19-24(30)26-21-6-8-22(9-7-21)29-14-16-31-17-15-29/h1-2,4-9H,3,10-19H2,(H,26,30). The molecular formula is C24H31FN4O2. The zero-order valence-electron chi connectivity index (χ0n) is 17.9. The van der Waals surface area contributed by atoms with E-state index >= 15 is 0 Å². The third-order valence-electron chi connectivity index (χ3n) is 5.93. The molecule has 0 bridgehead atoms. The lowest BCUT2D eigenvalue weighted by molar-refractivity contribution is -0.117. The van der Waals surface area contributed by atoms with Crippen molar-refractivity contribution in [3.8, 4) is 0 Å². The Labute approximate surface area is 183 Å². The molecule has 0 spiro atoms. The molecule has 0 aliphatic carbocycles. The number of anilines is 2. The monoisotopic (exact) mass is 426 g/mol. The molecule has 6 nitrogen and oxygen atoms in total. The van der Waals surface area contributed by atoms with Gasteiger partial charge in [-0.3, -0.25) is 14.6 Å². The van der Waals surface area contributed by atoms with Crippen LogP contribution >= 0.6 is 0 Å². The SMILES string of the molecule is O=C(CN1CCCN(Cc2ccccc2F)CC1)Nc1ccc(N2CCOCC2)cc1. The first-order valence-electron chi connectivity index (χ1n) is 11.1. The minimum Gasteiger partial charge on any atom is -0.378 e. The van der Waals surface area contributed by atoms with Crippen LogP contribution in [0, 0.1) is 5.82 Å². The molecule has 2 saturated heterocycles. The maximum absolute atomic E-state index is 13.9. The second-order valence-corrected chi connectivity index (χ2v) is 8.19. The minimum absolute atomic E-state index is 0.00155. The molecule has 0 aromatic heterocycles. The Morgan fingerprint density at radius 1 is 0.903 bits per heavy atom. The van der Waals surface area contributed by atoms with Crippen LogP contribution in [-0.4, -0.2) is 74.7 Å². The van der Waals surface area contributed by atoms with Crippen molar-refractivity contribution >= 4 is 17.3 Å². The summed E-state index contributed by atoms with van der Waals surface area (Å²) in [6, 6.07) is 15.0. The molecule has 0 saturated carbocycles. The lowest BCUT2D eigenvalue weighted by Crippen LogP contribution is -2.36. The van der Waals surface area contributed by atoms with Gasteiger partial charge in [-0.25, -0.2) is 4.39 Å². The molecule has 2 aromatic rings. The van der Waals surface area contributed by atoms with Gasteiger partial charge in [0.05, 0.1) is 19.8 Å². The Bertz CT molecular complexity index is 855. The molecule has 0 radical (unpaired) electrons. The summed E-state index contributed by atoms with van der Waals surface area (Å²) in [6.07, 6.45) is 0.968. The quantitative estimate of drug-likeness (QED) is 0.770. The van der Waals surface area contributed by atoms with E-state index in [0.717, 1.165) is 75.8 Å². The lowest BCUT2D eigenvalue weighted by Gasteiger charge is -2.29. The number of hydrogen-bond donors (Lipinski definition) is 1. The van der Waals surface area contributed by atoms with Crippen LogP contribution in [0.4, 0.5) is 15.8 Å². The summed E-state index contributed by atoms with van der Waals surface area (Å²) in [7, 11) is 0. The summed E-state index contributed by atoms with van der Waals surface area (Å²) >= 11 is 0. The van der Waals surface area contributed by atoms with E-state index in [1.54, 1.807) is 6.07 Å². The molecule has 0 unspecified atom stereocenters. The average Bonchev–Trinajstić information content (AvgIpc) is 3.01. The van der Waals surface area contributed by atoms with Crippen LogP contribution < -0.4 is 10.2 Å². The van der Waals surface area contributed by atoms with Crippen LogP contribution in [0.25, 0.3) is 0 Å². The molecule has 166 valence electrons. The Balaban J connectivity index is 1.23. The number of hydrogen-bond acceptors (Lipinski definition) is 5. The minimum atomic E-state index is -0.150. The molecule has 2 aliphatic rings. The molecule has 2 fully saturated rings. The molecule has 2 heterocycles. The first kappa shape index (κ1) is 21.7. The van der Waals surface area contributed by atoms with Gasteiger partial charge in [-0.05, 0) is 49.8 Å². The maximum atomic E-state index is 13.9. The number of halogens is 1. The molecule has 31 heavy (non-hydrogen) atoms. The highest BCUT2D eigenvalue weighted by molar-refractivity contribution is 5.92. The zero-order chi connectivity index (χ0) is 21.5. The Kier molecular flexibility index (Phi) is 7.51. The molecule has 4 rings (SSSR count). The largest absolute Gasteiger partial charge is 0.378 e. The second kappa shape index (κ2) is 10.7. The van der Waals surface area contributed by atoms with Crippen molar-refractivity contribution in [3.63, 3.8) is 0 Å². The van der Waals surface area contributed by atoms with Gasteiger partial charge in [0, 0.05) is 49.7 Å². The summed E-state index contributed by atoms with van der Waals surface area (Å²) in [5, 5.41) is 3.01. The smallest absolute Gasteiger partial charge is 0.238 e. The number of rotatable bonds is 6. The van der Waals surface area contributed by atoms with Crippen LogP contribution in [0.5, 0.6) is 0 Å². The highest BCUT2D eigenvalue weighted by Crippen LogP contribution is 2.19. The summed E-state index contributed by atoms with van der Waals surface area (Å²) in [6.45, 7) is 7.71. The van der Waals surface area contributed by atoms with Crippen molar-refractivity contribution in [2.45, 2.75) is 13.0 Å². The van der Waals surface area contributed by atoms with Gasteiger partial charge in [0.25, 0.3) is 0 Å². The lowest BCUT2D eigenvalue weighted by atomic mass is 10.2. The maximum Gasteiger partial charge on any atom is 0.238 e. The van der Waals surface area contributed by atoms with E-state index in [-0.39, 0.29) is 11.7 Å². The van der Waals surface area contributed by atoms with Crippen LogP contribution in [0.2, 0.25) is 0 Å². The van der Waals surface area contributed by atoms with Crippen LogP contribution in [0.1, 0.15) is 12.0 Å². The van der Waals surface area contributed by atoms with Gasteiger partial charge in [-0.2, -0.15) is 0 Å². The molecule has 2 aromatic carbocycles. The van der Waals surface area contributed by atoms with Crippen LogP contribution in [-0.2, 0) is 16.1 Å². The predicted molar refractivity (Wildman–Crippen MR) is 121 cm³/mol. The van der Waals surface area contributed by atoms with Crippen molar-refractivity contribution in [3.05, 3.63) is 59.9 Å². The fourth-order valence-electron chi connectivity index (χ4n) is 4.19. The third-order valence-corrected chi connectivity index (χ3v) is 5.93. The van der Waals surface area contributed by atoms with Gasteiger partial charge < -0.3 is 15.0 Å². The Morgan fingerprint density at radius 2 is 1.61 bits per heavy atom. The van der Waals surface area contributed by atoms with Crippen molar-refractivity contribution < 1.29 is 13.9 Å². The van der Waals surface area contributed by atoms with Crippen molar-refractivity contribution in [2.24, 2.45) is 0 Å². The summed E-state index contributed by atoms with van der Waals surface area (Å²) in [5.41, 5.74) is 2.70. The molecular weight excluding hydrogens is 395 g/mol. The third kappa shape index (κ3) is 6.26. The Morgan fingerprint density at radius 3 is 2.39 bits per heavy atom.